The number of benzene rings is 1. The highest BCUT2D eigenvalue weighted by Gasteiger charge is 2.27. The molecule has 1 unspecified atom stereocenters. The highest BCUT2D eigenvalue weighted by Crippen LogP contribution is 2.31. The van der Waals surface area contributed by atoms with Crippen LogP contribution in [0.5, 0.6) is 11.5 Å². The Kier molecular flexibility index (Phi) is 3.56. The van der Waals surface area contributed by atoms with Gasteiger partial charge in [-0.2, -0.15) is 0 Å². The first-order valence-corrected chi connectivity index (χ1v) is 6.82. The molecule has 0 saturated carbocycles. The minimum Gasteiger partial charge on any atom is -0.485 e. The Balaban J connectivity index is 1.68. The van der Waals surface area contributed by atoms with Gasteiger partial charge in [-0.25, -0.2) is 4.98 Å². The Bertz CT molecular complexity index is 631. The number of rotatable bonds is 2. The van der Waals surface area contributed by atoms with E-state index in [1.807, 2.05) is 18.2 Å². The van der Waals surface area contributed by atoms with Crippen molar-refractivity contribution in [2.24, 2.45) is 0 Å². The summed E-state index contributed by atoms with van der Waals surface area (Å²) in [5.41, 5.74) is 0.612. The maximum Gasteiger partial charge on any atom is 0.269 e. The molecule has 2 heterocycles. The topological polar surface area (TPSA) is 60.5 Å². The molecule has 0 spiro atoms. The molecule has 0 fully saturated rings. The fourth-order valence-electron chi connectivity index (χ4n) is 1.82. The fourth-order valence-corrected chi connectivity index (χ4v) is 2.06. The molecule has 5 nitrogen and oxygen atoms in total. The smallest absolute Gasteiger partial charge is 0.269 e. The molecule has 1 aliphatic heterocycles. The van der Waals surface area contributed by atoms with Crippen LogP contribution in [0.1, 0.15) is 0 Å². The normalized spacial score (nSPS) is 16.6. The number of hydrogen-bond donors (Lipinski definition) is 1. The van der Waals surface area contributed by atoms with Crippen LogP contribution in [0.15, 0.2) is 47.2 Å². The number of carbonyl (C=O) groups is 1. The number of anilines is 1. The van der Waals surface area contributed by atoms with Crippen molar-refractivity contribution in [1.82, 2.24) is 4.98 Å². The van der Waals surface area contributed by atoms with Crippen LogP contribution in [-0.4, -0.2) is 23.6 Å². The van der Waals surface area contributed by atoms with E-state index in [9.17, 15) is 4.79 Å². The number of halogens is 1. The summed E-state index contributed by atoms with van der Waals surface area (Å²) < 4.78 is 11.8. The third kappa shape index (κ3) is 2.75. The molecule has 0 aliphatic carbocycles. The summed E-state index contributed by atoms with van der Waals surface area (Å²) in [5.74, 6) is 0.971. The molecule has 1 N–H and O–H groups in total. The van der Waals surface area contributed by atoms with Crippen LogP contribution in [0.3, 0.4) is 0 Å². The summed E-state index contributed by atoms with van der Waals surface area (Å²) in [4.78, 5) is 16.1. The number of aromatic nitrogens is 1. The molecule has 1 aromatic heterocycles. The van der Waals surface area contributed by atoms with E-state index in [2.05, 4.69) is 26.2 Å². The van der Waals surface area contributed by atoms with Gasteiger partial charge >= 0.3 is 0 Å². The first-order valence-electron chi connectivity index (χ1n) is 6.03. The first-order chi connectivity index (χ1) is 9.72. The molecule has 1 atom stereocenters. The van der Waals surface area contributed by atoms with Crippen molar-refractivity contribution < 1.29 is 14.3 Å². The summed E-state index contributed by atoms with van der Waals surface area (Å²) >= 11 is 3.24. The van der Waals surface area contributed by atoms with Crippen LogP contribution < -0.4 is 14.8 Å². The number of amides is 1. The van der Waals surface area contributed by atoms with Gasteiger partial charge in [0.05, 0.1) is 11.9 Å². The van der Waals surface area contributed by atoms with Crippen molar-refractivity contribution in [3.8, 4) is 11.5 Å². The van der Waals surface area contributed by atoms with Crippen molar-refractivity contribution in [2.75, 3.05) is 11.9 Å². The molecular weight excluding hydrogens is 324 g/mol. The number of nitrogens with zero attached hydrogens (tertiary/aromatic N) is 1. The van der Waals surface area contributed by atoms with Crippen LogP contribution in [0, 0.1) is 0 Å². The molecule has 0 bridgehead atoms. The van der Waals surface area contributed by atoms with Gasteiger partial charge in [0.25, 0.3) is 5.91 Å². The van der Waals surface area contributed by atoms with Gasteiger partial charge in [-0.15, -0.1) is 0 Å². The van der Waals surface area contributed by atoms with E-state index in [0.717, 1.165) is 0 Å². The molecule has 0 saturated heterocycles. The number of para-hydroxylation sites is 2. The Morgan fingerprint density at radius 2 is 2.05 bits per heavy atom. The van der Waals surface area contributed by atoms with Gasteiger partial charge in [-0.1, -0.05) is 12.1 Å². The number of ether oxygens (including phenoxy) is 2. The van der Waals surface area contributed by atoms with Crippen molar-refractivity contribution in [3.05, 3.63) is 47.2 Å². The molecule has 1 aliphatic rings. The van der Waals surface area contributed by atoms with Crippen LogP contribution in [0.2, 0.25) is 0 Å². The number of nitrogens with one attached hydrogen (secondary N) is 1. The van der Waals surface area contributed by atoms with Gasteiger partial charge in [0.15, 0.2) is 11.5 Å². The zero-order valence-corrected chi connectivity index (χ0v) is 12.0. The number of pyridine rings is 1. The highest BCUT2D eigenvalue weighted by molar-refractivity contribution is 9.10. The van der Waals surface area contributed by atoms with Crippen LogP contribution in [-0.2, 0) is 4.79 Å². The number of fused-ring (bicyclic) bond motifs is 1. The lowest BCUT2D eigenvalue weighted by Gasteiger charge is -2.25. The van der Waals surface area contributed by atoms with Crippen molar-refractivity contribution in [3.63, 3.8) is 0 Å². The molecule has 1 aromatic carbocycles. The van der Waals surface area contributed by atoms with Gasteiger partial charge < -0.3 is 14.8 Å². The molecule has 20 heavy (non-hydrogen) atoms. The van der Waals surface area contributed by atoms with Crippen LogP contribution >= 0.6 is 15.9 Å². The van der Waals surface area contributed by atoms with E-state index >= 15 is 0 Å². The van der Waals surface area contributed by atoms with Gasteiger partial charge in [0.2, 0.25) is 6.10 Å². The van der Waals surface area contributed by atoms with Crippen molar-refractivity contribution >= 4 is 27.5 Å². The second-order valence-electron chi connectivity index (χ2n) is 4.22. The molecule has 6 heteroatoms. The quantitative estimate of drug-likeness (QED) is 0.857. The van der Waals surface area contributed by atoms with E-state index in [1.54, 1.807) is 24.4 Å². The van der Waals surface area contributed by atoms with E-state index < -0.39 is 6.10 Å². The second kappa shape index (κ2) is 5.50. The molecule has 2 aromatic rings. The average Bonchev–Trinajstić information content (AvgIpc) is 2.49. The first kappa shape index (κ1) is 12.9. The molecule has 1 amide bonds. The molecular formula is C14H11BrN2O3. The molecule has 102 valence electrons. The minimum atomic E-state index is -0.673. The van der Waals surface area contributed by atoms with E-state index in [0.29, 0.717) is 21.8 Å². The largest absolute Gasteiger partial charge is 0.485 e. The standard InChI is InChI=1S/C14H11BrN2O3/c15-13-6-5-9(7-16-13)17-14(18)12-8-19-10-3-1-2-4-11(10)20-12/h1-7,12H,8H2,(H,17,18). The SMILES string of the molecule is O=C(Nc1ccc(Br)nc1)C1COc2ccccc2O1. The summed E-state index contributed by atoms with van der Waals surface area (Å²) in [6.07, 6.45) is 0.896. The van der Waals surface area contributed by atoms with Gasteiger partial charge in [0, 0.05) is 0 Å². The lowest BCUT2D eigenvalue weighted by atomic mass is 10.2. The fraction of sp³-hybridized carbons (Fsp3) is 0.143. The summed E-state index contributed by atoms with van der Waals surface area (Å²) in [7, 11) is 0. The Hall–Kier alpha value is -2.08. The van der Waals surface area contributed by atoms with E-state index in [1.165, 1.54) is 0 Å². The predicted molar refractivity (Wildman–Crippen MR) is 76.9 cm³/mol. The Morgan fingerprint density at radius 3 is 2.80 bits per heavy atom. The predicted octanol–water partition coefficient (Wildman–Crippen LogP) is 2.62. The second-order valence-corrected chi connectivity index (χ2v) is 5.04. The van der Waals surface area contributed by atoms with Gasteiger partial charge in [-0.05, 0) is 40.2 Å². The van der Waals surface area contributed by atoms with E-state index in [-0.39, 0.29) is 12.5 Å². The number of hydrogen-bond acceptors (Lipinski definition) is 4. The lowest BCUT2D eigenvalue weighted by molar-refractivity contribution is -0.125. The van der Waals surface area contributed by atoms with E-state index in [4.69, 9.17) is 9.47 Å². The zero-order chi connectivity index (χ0) is 13.9. The van der Waals surface area contributed by atoms with Crippen LogP contribution in [0.4, 0.5) is 5.69 Å². The van der Waals surface area contributed by atoms with Gasteiger partial charge in [0.1, 0.15) is 11.2 Å². The summed E-state index contributed by atoms with van der Waals surface area (Å²) in [6, 6.07) is 10.8. The monoisotopic (exact) mass is 334 g/mol. The molecule has 0 radical (unpaired) electrons. The third-order valence-corrected chi connectivity index (χ3v) is 3.27. The minimum absolute atomic E-state index is 0.187. The average molecular weight is 335 g/mol. The zero-order valence-electron chi connectivity index (χ0n) is 10.4. The van der Waals surface area contributed by atoms with Crippen LogP contribution in [0.25, 0.3) is 0 Å². The molecule has 3 rings (SSSR count). The number of carbonyl (C=O) groups excluding carboxylic acids is 1. The highest BCUT2D eigenvalue weighted by atomic mass is 79.9. The maximum absolute atomic E-state index is 12.1. The maximum atomic E-state index is 12.1. The Labute approximate surface area is 124 Å². The summed E-state index contributed by atoms with van der Waals surface area (Å²) in [5, 5.41) is 2.74. The Morgan fingerprint density at radius 1 is 1.25 bits per heavy atom. The summed E-state index contributed by atoms with van der Waals surface area (Å²) in [6.45, 7) is 0.187. The van der Waals surface area contributed by atoms with Crippen molar-refractivity contribution in [2.45, 2.75) is 6.10 Å². The van der Waals surface area contributed by atoms with Crippen molar-refractivity contribution in [1.29, 1.82) is 0 Å². The van der Waals surface area contributed by atoms with Gasteiger partial charge in [-0.3, -0.25) is 4.79 Å². The lowest BCUT2D eigenvalue weighted by Crippen LogP contribution is -2.40. The third-order valence-electron chi connectivity index (χ3n) is 2.80.